The summed E-state index contributed by atoms with van der Waals surface area (Å²) in [5.74, 6) is -1.32. The molecule has 5 heteroatoms. The largest absolute Gasteiger partial charge is 0.501 e. The Bertz CT molecular complexity index is 476. The lowest BCUT2D eigenvalue weighted by molar-refractivity contribution is -0.127. The summed E-state index contributed by atoms with van der Waals surface area (Å²) < 4.78 is 5.25. The van der Waals surface area contributed by atoms with Crippen molar-refractivity contribution >= 4 is 22.9 Å². The summed E-state index contributed by atoms with van der Waals surface area (Å²) >= 11 is 5.17. The molecule has 0 spiro atoms. The van der Waals surface area contributed by atoms with Crippen LogP contribution in [0.3, 0.4) is 0 Å². The van der Waals surface area contributed by atoms with E-state index >= 15 is 0 Å². The van der Waals surface area contributed by atoms with Gasteiger partial charge in [-0.05, 0) is 6.92 Å². The third-order valence-corrected chi connectivity index (χ3v) is 3.10. The molecule has 4 nitrogen and oxygen atoms in total. The predicted octanol–water partition coefficient (Wildman–Crippen LogP) is 1.29. The highest BCUT2D eigenvalue weighted by Gasteiger charge is 2.49. The van der Waals surface area contributed by atoms with Crippen LogP contribution in [0.2, 0.25) is 0 Å². The first-order valence-corrected chi connectivity index (χ1v) is 5.20. The number of ketones is 1. The van der Waals surface area contributed by atoms with Gasteiger partial charge in [0.05, 0.1) is 0 Å². The number of Topliss-reactive ketones (excluding diaryl/α,β-unsaturated/α-hetero) is 1. The highest BCUT2D eigenvalue weighted by Crippen LogP contribution is 2.35. The molecule has 1 aliphatic carbocycles. The Kier molecular flexibility index (Phi) is 2.35. The smallest absolute Gasteiger partial charge is 0.250 e. The zero-order chi connectivity index (χ0) is 11.9. The minimum Gasteiger partial charge on any atom is -0.501 e. The number of allylic oxidation sites excluding steroid dienone is 3. The minimum atomic E-state index is -1.28. The molecule has 1 aliphatic heterocycles. The van der Waals surface area contributed by atoms with Crippen LogP contribution in [0, 0.1) is 0 Å². The fraction of sp³-hybridized carbons (Fsp3) is 0.273. The number of carbonyl (C=O) groups excluding carboxylic acids is 1. The van der Waals surface area contributed by atoms with Crippen molar-refractivity contribution in [2.45, 2.75) is 18.9 Å². The molecule has 1 atom stereocenters. The van der Waals surface area contributed by atoms with Crippen molar-refractivity contribution in [3.8, 4) is 0 Å². The molecule has 2 aliphatic rings. The normalized spacial score (nSPS) is 29.4. The quantitative estimate of drug-likeness (QED) is 0.672. The monoisotopic (exact) mass is 237 g/mol. The average Bonchev–Trinajstić information content (AvgIpc) is 2.44. The maximum atomic E-state index is 11.8. The number of rotatable bonds is 1. The van der Waals surface area contributed by atoms with Gasteiger partial charge in [0, 0.05) is 16.9 Å². The second kappa shape index (κ2) is 3.45. The Morgan fingerprint density at radius 2 is 2.31 bits per heavy atom. The third kappa shape index (κ3) is 1.36. The van der Waals surface area contributed by atoms with Crippen LogP contribution in [0.25, 0.3) is 0 Å². The first-order valence-electron chi connectivity index (χ1n) is 4.80. The van der Waals surface area contributed by atoms with Gasteiger partial charge in [-0.15, -0.1) is 0 Å². The van der Waals surface area contributed by atoms with Crippen molar-refractivity contribution in [3.63, 3.8) is 0 Å². The second-order valence-corrected chi connectivity index (χ2v) is 4.31. The number of nitrogens with two attached hydrogens (primary N) is 1. The fourth-order valence-electron chi connectivity index (χ4n) is 1.80. The summed E-state index contributed by atoms with van der Waals surface area (Å²) in [6, 6.07) is 0. The van der Waals surface area contributed by atoms with Crippen LogP contribution in [-0.2, 0) is 9.53 Å². The van der Waals surface area contributed by atoms with Crippen LogP contribution >= 0.6 is 12.2 Å². The Morgan fingerprint density at radius 1 is 1.62 bits per heavy atom. The van der Waals surface area contributed by atoms with E-state index in [0.29, 0.717) is 16.9 Å². The summed E-state index contributed by atoms with van der Waals surface area (Å²) in [5.41, 5.74) is 4.70. The van der Waals surface area contributed by atoms with Gasteiger partial charge in [-0.25, -0.2) is 0 Å². The molecular formula is C11H11NO3S. The van der Waals surface area contributed by atoms with Crippen LogP contribution in [0.5, 0.6) is 0 Å². The topological polar surface area (TPSA) is 72.6 Å². The maximum absolute atomic E-state index is 11.8. The van der Waals surface area contributed by atoms with Crippen LogP contribution in [-0.4, -0.2) is 21.4 Å². The van der Waals surface area contributed by atoms with Crippen molar-refractivity contribution in [2.75, 3.05) is 0 Å². The molecule has 0 aromatic carbocycles. The first-order chi connectivity index (χ1) is 7.47. The molecule has 84 valence electrons. The van der Waals surface area contributed by atoms with Gasteiger partial charge in [-0.2, -0.15) is 0 Å². The summed E-state index contributed by atoms with van der Waals surface area (Å²) in [6.45, 7) is 1.56. The molecule has 0 saturated heterocycles. The lowest BCUT2D eigenvalue weighted by Crippen LogP contribution is -2.39. The Morgan fingerprint density at radius 3 is 2.81 bits per heavy atom. The number of aliphatic hydroxyl groups excluding tert-OH is 1. The highest BCUT2D eigenvalue weighted by atomic mass is 32.1. The van der Waals surface area contributed by atoms with Gasteiger partial charge in [0.1, 0.15) is 0 Å². The third-order valence-electron chi connectivity index (χ3n) is 2.71. The van der Waals surface area contributed by atoms with E-state index in [4.69, 9.17) is 22.7 Å². The van der Waals surface area contributed by atoms with Crippen LogP contribution < -0.4 is 5.73 Å². The Balaban J connectivity index is 2.43. The van der Waals surface area contributed by atoms with E-state index in [-0.39, 0.29) is 5.88 Å². The van der Waals surface area contributed by atoms with Crippen molar-refractivity contribution < 1.29 is 14.6 Å². The van der Waals surface area contributed by atoms with Gasteiger partial charge < -0.3 is 15.6 Å². The Hall–Kier alpha value is -1.62. The molecule has 1 unspecified atom stereocenters. The zero-order valence-electron chi connectivity index (χ0n) is 8.69. The first kappa shape index (κ1) is 10.9. The summed E-state index contributed by atoms with van der Waals surface area (Å²) in [4.78, 5) is 12.5. The number of hydrogen-bond donors (Lipinski definition) is 2. The van der Waals surface area contributed by atoms with E-state index in [1.54, 1.807) is 19.1 Å². The van der Waals surface area contributed by atoms with Gasteiger partial charge in [0.2, 0.25) is 11.6 Å². The van der Waals surface area contributed by atoms with Gasteiger partial charge in [-0.1, -0.05) is 30.4 Å². The van der Waals surface area contributed by atoms with Gasteiger partial charge in [-0.3, -0.25) is 4.79 Å². The highest BCUT2D eigenvalue weighted by molar-refractivity contribution is 7.80. The number of ether oxygens (including phenoxy) is 1. The molecule has 2 rings (SSSR count). The molecule has 16 heavy (non-hydrogen) atoms. The van der Waals surface area contributed by atoms with E-state index in [0.717, 1.165) is 0 Å². The molecular weight excluding hydrogens is 226 g/mol. The molecule has 0 saturated carbocycles. The molecule has 0 fully saturated rings. The number of carbonyl (C=O) groups is 1. The molecule has 0 aromatic heterocycles. The van der Waals surface area contributed by atoms with Crippen molar-refractivity contribution in [3.05, 3.63) is 35.4 Å². The Labute approximate surface area is 98.1 Å². The van der Waals surface area contributed by atoms with E-state index in [9.17, 15) is 9.90 Å². The van der Waals surface area contributed by atoms with Crippen LogP contribution in [0.15, 0.2) is 35.4 Å². The molecule has 0 aromatic rings. The minimum absolute atomic E-state index is 0.245. The predicted molar refractivity (Wildman–Crippen MR) is 62.8 cm³/mol. The van der Waals surface area contributed by atoms with E-state index in [2.05, 4.69) is 0 Å². The summed E-state index contributed by atoms with van der Waals surface area (Å²) in [7, 11) is 0. The van der Waals surface area contributed by atoms with Crippen molar-refractivity contribution in [2.24, 2.45) is 5.73 Å². The molecule has 0 bridgehead atoms. The summed E-state index contributed by atoms with van der Waals surface area (Å²) in [5, 5.41) is 9.41. The second-order valence-electron chi connectivity index (χ2n) is 3.81. The molecule has 1 heterocycles. The lowest BCUT2D eigenvalue weighted by atomic mass is 9.86. The maximum Gasteiger partial charge on any atom is 0.250 e. The van der Waals surface area contributed by atoms with Crippen molar-refractivity contribution in [1.29, 1.82) is 0 Å². The zero-order valence-corrected chi connectivity index (χ0v) is 9.50. The van der Waals surface area contributed by atoms with E-state index in [1.807, 2.05) is 6.08 Å². The average molecular weight is 237 g/mol. The number of thiocarbonyl (C=S) groups is 1. The SMILES string of the molecule is CC1(C2=CC=CCC2=S)OC(N)=C(O)C1=O. The lowest BCUT2D eigenvalue weighted by Gasteiger charge is -2.27. The number of hydrogen-bond acceptors (Lipinski definition) is 5. The van der Waals surface area contributed by atoms with Gasteiger partial charge >= 0.3 is 0 Å². The van der Waals surface area contributed by atoms with Gasteiger partial charge in [0.15, 0.2) is 5.60 Å². The molecule has 3 N–H and O–H groups in total. The molecule has 0 amide bonds. The van der Waals surface area contributed by atoms with Crippen LogP contribution in [0.1, 0.15) is 13.3 Å². The van der Waals surface area contributed by atoms with Crippen LogP contribution in [0.4, 0.5) is 0 Å². The van der Waals surface area contributed by atoms with Crippen molar-refractivity contribution in [1.82, 2.24) is 0 Å². The standard InChI is InChI=1S/C11H11NO3S/c1-11(6-4-2-3-5-7(6)16)9(14)8(13)10(12)15-11/h2-4,13H,5,12H2,1H3. The fourth-order valence-corrected chi connectivity index (χ4v) is 2.16. The van der Waals surface area contributed by atoms with E-state index < -0.39 is 17.1 Å². The number of aliphatic hydroxyl groups is 1. The summed E-state index contributed by atoms with van der Waals surface area (Å²) in [6.07, 6.45) is 6.01. The van der Waals surface area contributed by atoms with Gasteiger partial charge in [0.25, 0.3) is 5.78 Å². The molecule has 0 radical (unpaired) electrons. The van der Waals surface area contributed by atoms with E-state index in [1.165, 1.54) is 0 Å².